The number of nitrogens with zero attached hydrogens (tertiary/aromatic N) is 7. The number of carbonyl (C=O) groups is 1. The third-order valence-electron chi connectivity index (χ3n) is 6.21. The van der Waals surface area contributed by atoms with Crippen molar-refractivity contribution in [2.45, 2.75) is 13.3 Å². The van der Waals surface area contributed by atoms with Crippen LogP contribution in [0.2, 0.25) is 0 Å². The Labute approximate surface area is 194 Å². The molecule has 2 saturated heterocycles. The minimum Gasteiger partial charge on any atom is -0.397 e. The zero-order valence-electron chi connectivity index (χ0n) is 18.8. The lowest BCUT2D eigenvalue weighted by atomic mass is 10.3. The number of amides is 1. The maximum atomic E-state index is 14.1. The smallest absolute Gasteiger partial charge is 0.296 e. The summed E-state index contributed by atoms with van der Waals surface area (Å²) in [6, 6.07) is 6.87. The molecular weight excluding hydrogens is 446 g/mol. The summed E-state index contributed by atoms with van der Waals surface area (Å²) in [7, 11) is 0. The van der Waals surface area contributed by atoms with Crippen LogP contribution < -0.4 is 15.5 Å². The van der Waals surface area contributed by atoms with E-state index in [1.54, 1.807) is 30.0 Å². The third-order valence-corrected chi connectivity index (χ3v) is 6.21. The molecule has 4 heterocycles. The maximum absolute atomic E-state index is 14.1. The number of nitrogen functional groups attached to an aromatic ring is 1. The Morgan fingerprint density at radius 3 is 2.26 bits per heavy atom. The first-order chi connectivity index (χ1) is 16.4. The summed E-state index contributed by atoms with van der Waals surface area (Å²) < 4.78 is 34.9. The van der Waals surface area contributed by atoms with Gasteiger partial charge in [0.05, 0.1) is 24.4 Å². The Bertz CT molecular complexity index is 1200. The molecule has 12 heteroatoms. The molecule has 2 aliphatic heterocycles. The van der Waals surface area contributed by atoms with Gasteiger partial charge < -0.3 is 25.2 Å². The van der Waals surface area contributed by atoms with Crippen LogP contribution in [0.5, 0.6) is 0 Å². The Morgan fingerprint density at radius 1 is 1.00 bits per heavy atom. The lowest BCUT2D eigenvalue weighted by Gasteiger charge is -2.35. The Morgan fingerprint density at radius 2 is 1.65 bits per heavy atom. The lowest BCUT2D eigenvalue weighted by molar-refractivity contribution is -0.129. The van der Waals surface area contributed by atoms with Crippen molar-refractivity contribution in [3.05, 3.63) is 30.1 Å². The SMILES string of the molecule is CC(=O)N1CCN(c2cc(N3CCOCC3)nc(-n3c(C(F)F)nc4c(N)cccc43)n2)CC1. The van der Waals surface area contributed by atoms with Gasteiger partial charge in [0.15, 0.2) is 5.82 Å². The molecule has 0 atom stereocenters. The van der Waals surface area contributed by atoms with Gasteiger partial charge >= 0.3 is 0 Å². The highest BCUT2D eigenvalue weighted by molar-refractivity contribution is 5.88. The minimum absolute atomic E-state index is 0.0288. The van der Waals surface area contributed by atoms with Crippen molar-refractivity contribution in [3.8, 4) is 5.95 Å². The molecule has 0 saturated carbocycles. The molecule has 5 rings (SSSR count). The van der Waals surface area contributed by atoms with E-state index in [0.29, 0.717) is 75.3 Å². The monoisotopic (exact) mass is 472 g/mol. The molecule has 0 spiro atoms. The fourth-order valence-corrected chi connectivity index (χ4v) is 4.37. The number of carbonyl (C=O) groups excluding carboxylic acids is 1. The van der Waals surface area contributed by atoms with Crippen LogP contribution in [-0.2, 0) is 9.53 Å². The van der Waals surface area contributed by atoms with Crippen LogP contribution in [0.25, 0.3) is 17.0 Å². The van der Waals surface area contributed by atoms with Crippen LogP contribution in [0.15, 0.2) is 24.3 Å². The molecule has 180 valence electrons. The van der Waals surface area contributed by atoms with Crippen LogP contribution in [0.1, 0.15) is 19.2 Å². The standard InChI is InChI=1S/C22H26F2N8O2/c1-14(33)29-5-7-30(8-6-29)17-13-18(31-9-11-34-12-10-31)27-22(26-17)32-16-4-2-3-15(25)19(16)28-21(32)20(23)24/h2-4,13,20H,5-12,25H2,1H3. The molecule has 1 aromatic carbocycles. The van der Waals surface area contributed by atoms with E-state index in [-0.39, 0.29) is 17.4 Å². The molecule has 3 aromatic rings. The predicted octanol–water partition coefficient (Wildman–Crippen LogP) is 1.84. The van der Waals surface area contributed by atoms with Gasteiger partial charge in [-0.2, -0.15) is 9.97 Å². The molecule has 0 unspecified atom stereocenters. The van der Waals surface area contributed by atoms with Crippen molar-refractivity contribution in [2.24, 2.45) is 0 Å². The average molecular weight is 473 g/mol. The fourth-order valence-electron chi connectivity index (χ4n) is 4.37. The van der Waals surface area contributed by atoms with Crippen molar-refractivity contribution in [2.75, 3.05) is 68.0 Å². The van der Waals surface area contributed by atoms with Gasteiger partial charge in [-0.15, -0.1) is 0 Å². The molecule has 2 aromatic heterocycles. The van der Waals surface area contributed by atoms with E-state index in [2.05, 4.69) is 19.9 Å². The number of hydrogen-bond acceptors (Lipinski definition) is 8. The van der Waals surface area contributed by atoms with Gasteiger partial charge in [-0.1, -0.05) is 6.07 Å². The summed E-state index contributed by atoms with van der Waals surface area (Å²) in [4.78, 5) is 31.1. The highest BCUT2D eigenvalue weighted by atomic mass is 19.3. The van der Waals surface area contributed by atoms with Crippen LogP contribution in [-0.4, -0.2) is 82.8 Å². The lowest BCUT2D eigenvalue weighted by Crippen LogP contribution is -2.48. The number of para-hydroxylation sites is 1. The van der Waals surface area contributed by atoms with Gasteiger partial charge in [0.2, 0.25) is 11.9 Å². The van der Waals surface area contributed by atoms with E-state index in [9.17, 15) is 13.6 Å². The molecule has 1 amide bonds. The summed E-state index contributed by atoms with van der Waals surface area (Å²) in [6.07, 6.45) is -2.84. The number of imidazole rings is 1. The molecule has 2 fully saturated rings. The zero-order valence-corrected chi connectivity index (χ0v) is 18.8. The molecule has 0 bridgehead atoms. The number of rotatable bonds is 4. The molecule has 0 aliphatic carbocycles. The average Bonchev–Trinajstić information content (AvgIpc) is 3.26. The highest BCUT2D eigenvalue weighted by Crippen LogP contribution is 2.31. The molecular formula is C22H26F2N8O2. The van der Waals surface area contributed by atoms with E-state index in [4.69, 9.17) is 10.5 Å². The van der Waals surface area contributed by atoms with Crippen molar-refractivity contribution < 1.29 is 18.3 Å². The Kier molecular flexibility index (Phi) is 5.90. The number of anilines is 3. The number of halogens is 2. The maximum Gasteiger partial charge on any atom is 0.296 e. The van der Waals surface area contributed by atoms with Gasteiger partial charge in [0, 0.05) is 52.3 Å². The van der Waals surface area contributed by atoms with Crippen molar-refractivity contribution in [1.29, 1.82) is 0 Å². The zero-order chi connectivity index (χ0) is 23.8. The molecule has 34 heavy (non-hydrogen) atoms. The summed E-state index contributed by atoms with van der Waals surface area (Å²) in [5.74, 6) is 0.917. The largest absolute Gasteiger partial charge is 0.397 e. The van der Waals surface area contributed by atoms with Gasteiger partial charge in [-0.05, 0) is 12.1 Å². The number of piperazine rings is 1. The van der Waals surface area contributed by atoms with Crippen molar-refractivity contribution >= 4 is 34.3 Å². The van der Waals surface area contributed by atoms with Crippen LogP contribution in [0.4, 0.5) is 26.1 Å². The number of hydrogen-bond donors (Lipinski definition) is 1. The number of benzene rings is 1. The molecule has 0 radical (unpaired) electrons. The second-order valence-corrected chi connectivity index (χ2v) is 8.30. The number of alkyl halides is 2. The number of aromatic nitrogens is 4. The molecule has 10 nitrogen and oxygen atoms in total. The van der Waals surface area contributed by atoms with Crippen molar-refractivity contribution in [1.82, 2.24) is 24.4 Å². The van der Waals surface area contributed by atoms with Gasteiger partial charge in [0.1, 0.15) is 17.2 Å². The number of fused-ring (bicyclic) bond motifs is 1. The van der Waals surface area contributed by atoms with E-state index < -0.39 is 12.2 Å². The van der Waals surface area contributed by atoms with E-state index in [1.807, 2.05) is 11.0 Å². The molecule has 2 N–H and O–H groups in total. The van der Waals surface area contributed by atoms with Crippen LogP contribution >= 0.6 is 0 Å². The van der Waals surface area contributed by atoms with E-state index >= 15 is 0 Å². The van der Waals surface area contributed by atoms with E-state index in [0.717, 1.165) is 0 Å². The Balaban J connectivity index is 1.63. The number of nitrogens with two attached hydrogens (primary N) is 1. The predicted molar refractivity (Wildman–Crippen MR) is 124 cm³/mol. The van der Waals surface area contributed by atoms with Crippen LogP contribution in [0, 0.1) is 0 Å². The number of ether oxygens (including phenoxy) is 1. The Hall–Kier alpha value is -3.54. The van der Waals surface area contributed by atoms with E-state index in [1.165, 1.54) is 4.57 Å². The molecule has 2 aliphatic rings. The summed E-state index contributed by atoms with van der Waals surface area (Å²) in [5.41, 5.74) is 7.04. The fraction of sp³-hybridized carbons (Fsp3) is 0.455. The topological polar surface area (TPSA) is 106 Å². The number of morpholine rings is 1. The second kappa shape index (κ2) is 9.01. The first-order valence-electron chi connectivity index (χ1n) is 11.2. The van der Waals surface area contributed by atoms with Crippen LogP contribution in [0.3, 0.4) is 0 Å². The first-order valence-corrected chi connectivity index (χ1v) is 11.2. The minimum atomic E-state index is -2.84. The summed E-state index contributed by atoms with van der Waals surface area (Å²) in [6.45, 7) is 6.22. The normalized spacial score (nSPS) is 17.1. The van der Waals surface area contributed by atoms with Crippen molar-refractivity contribution in [3.63, 3.8) is 0 Å². The van der Waals surface area contributed by atoms with Gasteiger partial charge in [0.25, 0.3) is 6.43 Å². The second-order valence-electron chi connectivity index (χ2n) is 8.30. The van der Waals surface area contributed by atoms with Gasteiger partial charge in [-0.3, -0.25) is 9.36 Å². The first kappa shape index (κ1) is 22.3. The summed E-state index contributed by atoms with van der Waals surface area (Å²) >= 11 is 0. The quantitative estimate of drug-likeness (QED) is 0.574. The third kappa shape index (κ3) is 4.09. The summed E-state index contributed by atoms with van der Waals surface area (Å²) in [5, 5.41) is 0. The highest BCUT2D eigenvalue weighted by Gasteiger charge is 2.26. The van der Waals surface area contributed by atoms with Gasteiger partial charge in [-0.25, -0.2) is 13.8 Å².